The van der Waals surface area contributed by atoms with Crippen LogP contribution < -0.4 is 5.32 Å². The summed E-state index contributed by atoms with van der Waals surface area (Å²) in [5.74, 6) is -1.81. The van der Waals surface area contributed by atoms with Crippen molar-refractivity contribution in [1.82, 2.24) is 10.3 Å². The summed E-state index contributed by atoms with van der Waals surface area (Å²) >= 11 is 0. The van der Waals surface area contributed by atoms with E-state index in [0.717, 1.165) is 11.1 Å². The van der Waals surface area contributed by atoms with Crippen LogP contribution in [0.25, 0.3) is 0 Å². The van der Waals surface area contributed by atoms with E-state index < -0.39 is 17.9 Å². The van der Waals surface area contributed by atoms with Crippen LogP contribution in [0.4, 0.5) is 0 Å². The number of aliphatic carboxylic acids is 1. The van der Waals surface area contributed by atoms with Crippen molar-refractivity contribution < 1.29 is 19.5 Å². The highest BCUT2D eigenvalue weighted by Crippen LogP contribution is 2.22. The smallest absolute Gasteiger partial charge is 0.330 e. The molecule has 1 aromatic heterocycles. The van der Waals surface area contributed by atoms with Gasteiger partial charge in [0.1, 0.15) is 5.69 Å². The fourth-order valence-corrected chi connectivity index (χ4v) is 3.37. The minimum Gasteiger partial charge on any atom is -0.479 e. The lowest BCUT2D eigenvalue weighted by molar-refractivity contribution is -0.139. The molecule has 0 bridgehead atoms. The van der Waals surface area contributed by atoms with Gasteiger partial charge in [-0.3, -0.25) is 9.59 Å². The van der Waals surface area contributed by atoms with Crippen LogP contribution in [0.3, 0.4) is 0 Å². The predicted octanol–water partition coefficient (Wildman–Crippen LogP) is 3.26. The molecular weight excluding hydrogens is 332 g/mol. The number of benzene rings is 1. The number of aromatic amines is 1. The molecule has 3 N–H and O–H groups in total. The maximum atomic E-state index is 12.8. The van der Waals surface area contributed by atoms with Gasteiger partial charge in [-0.05, 0) is 45.2 Å². The van der Waals surface area contributed by atoms with E-state index in [2.05, 4.69) is 10.3 Å². The molecule has 0 aliphatic rings. The highest BCUT2D eigenvalue weighted by molar-refractivity contribution is 6.03. The van der Waals surface area contributed by atoms with Crippen molar-refractivity contribution in [2.45, 2.75) is 47.1 Å². The van der Waals surface area contributed by atoms with Gasteiger partial charge in [-0.25, -0.2) is 4.79 Å². The minimum atomic E-state index is -1.17. The van der Waals surface area contributed by atoms with E-state index >= 15 is 0 Å². The zero-order chi connectivity index (χ0) is 19.6. The zero-order valence-corrected chi connectivity index (χ0v) is 15.7. The summed E-state index contributed by atoms with van der Waals surface area (Å²) in [6.07, 6.45) is 0.489. The first-order valence-corrected chi connectivity index (χ1v) is 8.49. The molecule has 0 aliphatic carbocycles. The molecule has 2 aromatic rings. The SMILES string of the molecule is CCc1c(C(=O)NC(C(=O)O)c2cc(C)cc(C)c2)[nH]c(C)c1C(C)=O. The van der Waals surface area contributed by atoms with Gasteiger partial charge >= 0.3 is 5.97 Å². The number of Topliss-reactive ketones (excluding diaryl/α,β-unsaturated/α-hetero) is 1. The van der Waals surface area contributed by atoms with Crippen LogP contribution in [-0.4, -0.2) is 27.8 Å². The van der Waals surface area contributed by atoms with Gasteiger partial charge in [-0.15, -0.1) is 0 Å². The van der Waals surface area contributed by atoms with Gasteiger partial charge in [0.05, 0.1) is 0 Å². The normalized spacial score (nSPS) is 11.9. The van der Waals surface area contributed by atoms with Crippen LogP contribution in [0.2, 0.25) is 0 Å². The van der Waals surface area contributed by atoms with Crippen molar-refractivity contribution in [2.24, 2.45) is 0 Å². The Kier molecular flexibility index (Phi) is 5.65. The largest absolute Gasteiger partial charge is 0.479 e. The number of hydrogen-bond acceptors (Lipinski definition) is 3. The van der Waals surface area contributed by atoms with E-state index in [1.165, 1.54) is 6.92 Å². The van der Waals surface area contributed by atoms with Crippen LogP contribution >= 0.6 is 0 Å². The second-order valence-electron chi connectivity index (χ2n) is 6.55. The van der Waals surface area contributed by atoms with Gasteiger partial charge in [-0.2, -0.15) is 0 Å². The van der Waals surface area contributed by atoms with Crippen LogP contribution in [0, 0.1) is 20.8 Å². The predicted molar refractivity (Wildman–Crippen MR) is 98.7 cm³/mol. The number of rotatable bonds is 6. The van der Waals surface area contributed by atoms with Gasteiger partial charge in [0, 0.05) is 11.3 Å². The lowest BCUT2D eigenvalue weighted by Gasteiger charge is -2.16. The Morgan fingerprint density at radius 3 is 2.15 bits per heavy atom. The first-order chi connectivity index (χ1) is 12.1. The maximum absolute atomic E-state index is 12.8. The zero-order valence-electron chi connectivity index (χ0n) is 15.7. The monoisotopic (exact) mass is 356 g/mol. The summed E-state index contributed by atoms with van der Waals surface area (Å²) in [4.78, 5) is 39.3. The molecule has 1 amide bonds. The first kappa shape index (κ1) is 19.4. The van der Waals surface area contributed by atoms with Crippen molar-refractivity contribution in [1.29, 1.82) is 0 Å². The molecule has 1 unspecified atom stereocenters. The fraction of sp³-hybridized carbons (Fsp3) is 0.350. The summed E-state index contributed by atoms with van der Waals surface area (Å²) in [6, 6.07) is 4.25. The Bertz CT molecular complexity index is 860. The molecule has 138 valence electrons. The standard InChI is InChI=1S/C20H24N2O4/c1-6-15-16(13(5)23)12(4)21-18(15)19(24)22-17(20(25)26)14-8-10(2)7-11(3)9-14/h7-9,17,21H,6H2,1-5H3,(H,22,24)(H,25,26). The third-order valence-corrected chi connectivity index (χ3v) is 4.32. The molecule has 0 aliphatic heterocycles. The molecular formula is C20H24N2O4. The average Bonchev–Trinajstić information content (AvgIpc) is 2.87. The number of hydrogen-bond donors (Lipinski definition) is 3. The molecule has 2 rings (SSSR count). The Balaban J connectivity index is 2.42. The van der Waals surface area contributed by atoms with Crippen LogP contribution in [0.5, 0.6) is 0 Å². The van der Waals surface area contributed by atoms with Gasteiger partial charge in [0.15, 0.2) is 11.8 Å². The number of aryl methyl sites for hydroxylation is 3. The van der Waals surface area contributed by atoms with E-state index in [1.807, 2.05) is 26.8 Å². The minimum absolute atomic E-state index is 0.126. The van der Waals surface area contributed by atoms with E-state index in [9.17, 15) is 19.5 Å². The highest BCUT2D eigenvalue weighted by atomic mass is 16.4. The number of nitrogens with one attached hydrogen (secondary N) is 2. The molecule has 1 heterocycles. The first-order valence-electron chi connectivity index (χ1n) is 8.49. The molecule has 26 heavy (non-hydrogen) atoms. The van der Waals surface area contributed by atoms with Gasteiger partial charge in [-0.1, -0.05) is 36.2 Å². The Morgan fingerprint density at radius 2 is 1.69 bits per heavy atom. The summed E-state index contributed by atoms with van der Waals surface area (Å²) in [5, 5.41) is 12.2. The highest BCUT2D eigenvalue weighted by Gasteiger charge is 2.27. The average molecular weight is 356 g/mol. The molecule has 0 radical (unpaired) electrons. The molecule has 1 atom stereocenters. The van der Waals surface area contributed by atoms with E-state index in [1.54, 1.807) is 19.1 Å². The Morgan fingerprint density at radius 1 is 1.12 bits per heavy atom. The second kappa shape index (κ2) is 7.56. The van der Waals surface area contributed by atoms with E-state index in [4.69, 9.17) is 0 Å². The quantitative estimate of drug-likeness (QED) is 0.692. The van der Waals surface area contributed by atoms with Crippen molar-refractivity contribution in [3.8, 4) is 0 Å². The number of aromatic nitrogens is 1. The maximum Gasteiger partial charge on any atom is 0.330 e. The molecule has 1 aromatic carbocycles. The number of carbonyl (C=O) groups excluding carboxylic acids is 2. The third kappa shape index (κ3) is 3.85. The summed E-state index contributed by atoms with van der Waals surface area (Å²) < 4.78 is 0. The Labute approximate surface area is 152 Å². The molecule has 6 nitrogen and oxygen atoms in total. The van der Waals surface area contributed by atoms with Crippen LogP contribution in [0.15, 0.2) is 18.2 Å². The third-order valence-electron chi connectivity index (χ3n) is 4.32. The second-order valence-corrected chi connectivity index (χ2v) is 6.55. The van der Waals surface area contributed by atoms with E-state index in [0.29, 0.717) is 28.8 Å². The van der Waals surface area contributed by atoms with Gasteiger partial charge in [0.25, 0.3) is 5.91 Å². The molecule has 6 heteroatoms. The van der Waals surface area contributed by atoms with Crippen molar-refractivity contribution in [3.05, 3.63) is 57.4 Å². The summed E-state index contributed by atoms with van der Waals surface area (Å²) in [5.41, 5.74) is 4.31. The summed E-state index contributed by atoms with van der Waals surface area (Å²) in [6.45, 7) is 8.78. The molecule has 0 saturated heterocycles. The van der Waals surface area contributed by atoms with Gasteiger partial charge < -0.3 is 15.4 Å². The number of carboxylic acid groups (broad SMARTS) is 1. The van der Waals surface area contributed by atoms with Crippen LogP contribution in [0.1, 0.15) is 68.7 Å². The molecule has 0 fully saturated rings. The van der Waals surface area contributed by atoms with Crippen molar-refractivity contribution >= 4 is 17.7 Å². The topological polar surface area (TPSA) is 99.3 Å². The lowest BCUT2D eigenvalue weighted by atomic mass is 10.00. The molecule has 0 spiro atoms. The van der Waals surface area contributed by atoms with Crippen molar-refractivity contribution in [2.75, 3.05) is 0 Å². The lowest BCUT2D eigenvalue weighted by Crippen LogP contribution is -2.34. The van der Waals surface area contributed by atoms with E-state index in [-0.39, 0.29) is 11.5 Å². The number of ketones is 1. The van der Waals surface area contributed by atoms with Gasteiger partial charge in [0.2, 0.25) is 0 Å². The van der Waals surface area contributed by atoms with Crippen LogP contribution in [-0.2, 0) is 11.2 Å². The van der Waals surface area contributed by atoms with Crippen molar-refractivity contribution in [3.63, 3.8) is 0 Å². The number of H-pyrrole nitrogens is 1. The number of carboxylic acids is 1. The number of amides is 1. The summed E-state index contributed by atoms with van der Waals surface area (Å²) in [7, 11) is 0. The molecule has 0 saturated carbocycles. The Hall–Kier alpha value is -2.89. The fourth-order valence-electron chi connectivity index (χ4n) is 3.37. The number of carbonyl (C=O) groups is 3.